The first-order valence-electron chi connectivity index (χ1n) is 7.39. The van der Waals surface area contributed by atoms with Crippen molar-refractivity contribution in [2.24, 2.45) is 5.92 Å². The molecule has 0 amide bonds. The van der Waals surface area contributed by atoms with Gasteiger partial charge in [-0.25, -0.2) is 0 Å². The van der Waals surface area contributed by atoms with Gasteiger partial charge in [0, 0.05) is 43.1 Å². The number of hydrogen-bond acceptors (Lipinski definition) is 2. The SMILES string of the molecule is OC[C@H]1CN(Cc2ccccc2)C[C@@H]1c1ccc(Cl)cc1. The van der Waals surface area contributed by atoms with Crippen molar-refractivity contribution < 1.29 is 5.11 Å². The van der Waals surface area contributed by atoms with Gasteiger partial charge in [-0.05, 0) is 23.3 Å². The standard InChI is InChI=1S/C18H20ClNO/c19-17-8-6-15(7-9-17)18-12-20(11-16(18)13-21)10-14-4-2-1-3-5-14/h1-9,16,18,21H,10-13H2/t16-,18-/m1/s1. The normalized spacial score (nSPS) is 22.6. The van der Waals surface area contributed by atoms with Gasteiger partial charge < -0.3 is 5.11 Å². The first-order chi connectivity index (χ1) is 10.3. The van der Waals surface area contributed by atoms with E-state index in [1.165, 1.54) is 11.1 Å². The van der Waals surface area contributed by atoms with E-state index in [0.29, 0.717) is 11.8 Å². The zero-order chi connectivity index (χ0) is 14.7. The third-order valence-electron chi connectivity index (χ3n) is 4.30. The van der Waals surface area contributed by atoms with Crippen molar-refractivity contribution in [3.05, 3.63) is 70.7 Å². The van der Waals surface area contributed by atoms with Crippen LogP contribution >= 0.6 is 11.6 Å². The third kappa shape index (κ3) is 3.46. The van der Waals surface area contributed by atoms with Crippen molar-refractivity contribution in [2.45, 2.75) is 12.5 Å². The van der Waals surface area contributed by atoms with Crippen molar-refractivity contribution in [1.82, 2.24) is 4.90 Å². The Balaban J connectivity index is 1.72. The average molecular weight is 302 g/mol. The van der Waals surface area contributed by atoms with Gasteiger partial charge in [0.15, 0.2) is 0 Å². The summed E-state index contributed by atoms with van der Waals surface area (Å²) in [6.07, 6.45) is 0. The minimum atomic E-state index is 0.235. The Kier molecular flexibility index (Phi) is 4.59. The van der Waals surface area contributed by atoms with Crippen LogP contribution in [0.1, 0.15) is 17.0 Å². The lowest BCUT2D eigenvalue weighted by Gasteiger charge is -2.17. The number of halogens is 1. The largest absolute Gasteiger partial charge is 0.396 e. The van der Waals surface area contributed by atoms with Crippen LogP contribution in [0.2, 0.25) is 5.02 Å². The Morgan fingerprint density at radius 1 is 1.00 bits per heavy atom. The molecule has 1 saturated heterocycles. The smallest absolute Gasteiger partial charge is 0.0477 e. The molecule has 2 atom stereocenters. The number of likely N-dealkylation sites (tertiary alicyclic amines) is 1. The second-order valence-corrected chi connectivity index (χ2v) is 6.22. The fourth-order valence-corrected chi connectivity index (χ4v) is 3.33. The van der Waals surface area contributed by atoms with Gasteiger partial charge in [0.2, 0.25) is 0 Å². The highest BCUT2D eigenvalue weighted by Gasteiger charge is 2.33. The van der Waals surface area contributed by atoms with Crippen LogP contribution < -0.4 is 0 Å². The maximum Gasteiger partial charge on any atom is 0.0477 e. The molecule has 21 heavy (non-hydrogen) atoms. The van der Waals surface area contributed by atoms with Crippen molar-refractivity contribution in [3.63, 3.8) is 0 Å². The first kappa shape index (κ1) is 14.6. The lowest BCUT2D eigenvalue weighted by molar-refractivity contribution is 0.214. The Labute approximate surface area is 131 Å². The van der Waals surface area contributed by atoms with Crippen LogP contribution in [0.4, 0.5) is 0 Å². The lowest BCUT2D eigenvalue weighted by atomic mass is 9.90. The van der Waals surface area contributed by atoms with E-state index >= 15 is 0 Å². The molecule has 1 aliphatic heterocycles. The summed E-state index contributed by atoms with van der Waals surface area (Å²) >= 11 is 5.96. The van der Waals surface area contributed by atoms with Gasteiger partial charge >= 0.3 is 0 Å². The monoisotopic (exact) mass is 301 g/mol. The summed E-state index contributed by atoms with van der Waals surface area (Å²) in [5.74, 6) is 0.686. The number of benzene rings is 2. The quantitative estimate of drug-likeness (QED) is 0.933. The summed E-state index contributed by atoms with van der Waals surface area (Å²) in [6.45, 7) is 3.11. The van der Waals surface area contributed by atoms with Crippen LogP contribution in [-0.2, 0) is 6.54 Å². The molecule has 1 N–H and O–H groups in total. The van der Waals surface area contributed by atoms with Crippen LogP contribution in [0.25, 0.3) is 0 Å². The summed E-state index contributed by atoms with van der Waals surface area (Å²) < 4.78 is 0. The van der Waals surface area contributed by atoms with Crippen LogP contribution in [0.15, 0.2) is 54.6 Å². The van der Waals surface area contributed by atoms with Crippen molar-refractivity contribution in [2.75, 3.05) is 19.7 Å². The Hall–Kier alpha value is -1.35. The molecule has 1 fully saturated rings. The van der Waals surface area contributed by atoms with Crippen LogP contribution in [-0.4, -0.2) is 29.7 Å². The molecule has 0 aliphatic carbocycles. The number of aliphatic hydroxyl groups excluding tert-OH is 1. The molecular formula is C18H20ClNO. The fraction of sp³-hybridized carbons (Fsp3) is 0.333. The summed E-state index contributed by atoms with van der Waals surface area (Å²) in [7, 11) is 0. The van der Waals surface area contributed by atoms with E-state index in [9.17, 15) is 5.11 Å². The molecule has 0 bridgehead atoms. The molecule has 3 rings (SSSR count). The van der Waals surface area contributed by atoms with Crippen molar-refractivity contribution in [1.29, 1.82) is 0 Å². The highest BCUT2D eigenvalue weighted by atomic mass is 35.5. The second-order valence-electron chi connectivity index (χ2n) is 5.78. The van der Waals surface area contributed by atoms with Crippen molar-refractivity contribution >= 4 is 11.6 Å². The van der Waals surface area contributed by atoms with Gasteiger partial charge in [-0.2, -0.15) is 0 Å². The molecule has 0 spiro atoms. The predicted octanol–water partition coefficient (Wildman–Crippen LogP) is 3.55. The van der Waals surface area contributed by atoms with E-state index in [1.54, 1.807) is 0 Å². The van der Waals surface area contributed by atoms with Crippen LogP contribution in [0.3, 0.4) is 0 Å². The second kappa shape index (κ2) is 6.61. The fourth-order valence-electron chi connectivity index (χ4n) is 3.20. The molecular weight excluding hydrogens is 282 g/mol. The zero-order valence-electron chi connectivity index (χ0n) is 12.0. The van der Waals surface area contributed by atoms with Gasteiger partial charge in [-0.3, -0.25) is 4.90 Å². The molecule has 110 valence electrons. The maximum atomic E-state index is 9.68. The molecule has 0 aromatic heterocycles. The molecule has 0 unspecified atom stereocenters. The van der Waals surface area contributed by atoms with Gasteiger partial charge in [0.05, 0.1) is 0 Å². The van der Waals surface area contributed by atoms with Crippen LogP contribution in [0, 0.1) is 5.92 Å². The van der Waals surface area contributed by atoms with E-state index in [2.05, 4.69) is 41.3 Å². The topological polar surface area (TPSA) is 23.5 Å². The molecule has 2 aromatic rings. The highest BCUT2D eigenvalue weighted by Crippen LogP contribution is 2.33. The Bertz CT molecular complexity index is 570. The number of aliphatic hydroxyl groups is 1. The summed E-state index contributed by atoms with van der Waals surface area (Å²) in [6, 6.07) is 18.5. The van der Waals surface area contributed by atoms with E-state index in [1.807, 2.05) is 18.2 Å². The lowest BCUT2D eigenvalue weighted by Crippen LogP contribution is -2.20. The van der Waals surface area contributed by atoms with Gasteiger partial charge in [0.25, 0.3) is 0 Å². The predicted molar refractivity (Wildman–Crippen MR) is 86.5 cm³/mol. The zero-order valence-corrected chi connectivity index (χ0v) is 12.7. The van der Waals surface area contributed by atoms with Crippen LogP contribution in [0.5, 0.6) is 0 Å². The maximum absolute atomic E-state index is 9.68. The molecule has 0 radical (unpaired) electrons. The van der Waals surface area contributed by atoms with Gasteiger partial charge in [0.1, 0.15) is 0 Å². The van der Waals surface area contributed by atoms with Gasteiger partial charge in [-0.1, -0.05) is 54.1 Å². The Morgan fingerprint density at radius 2 is 1.71 bits per heavy atom. The summed E-state index contributed by atoms with van der Waals surface area (Å²) in [4.78, 5) is 2.43. The average Bonchev–Trinajstić information content (AvgIpc) is 2.92. The first-order valence-corrected chi connectivity index (χ1v) is 7.76. The van der Waals surface area contributed by atoms with E-state index in [0.717, 1.165) is 24.7 Å². The number of rotatable bonds is 4. The molecule has 2 nitrogen and oxygen atoms in total. The van der Waals surface area contributed by atoms with E-state index in [4.69, 9.17) is 11.6 Å². The Morgan fingerprint density at radius 3 is 2.38 bits per heavy atom. The van der Waals surface area contributed by atoms with Crippen molar-refractivity contribution in [3.8, 4) is 0 Å². The highest BCUT2D eigenvalue weighted by molar-refractivity contribution is 6.30. The van der Waals surface area contributed by atoms with E-state index < -0.39 is 0 Å². The molecule has 2 aromatic carbocycles. The molecule has 3 heteroatoms. The third-order valence-corrected chi connectivity index (χ3v) is 4.55. The number of hydrogen-bond donors (Lipinski definition) is 1. The summed E-state index contributed by atoms with van der Waals surface area (Å²) in [5, 5.41) is 10.4. The number of nitrogens with zero attached hydrogens (tertiary/aromatic N) is 1. The van der Waals surface area contributed by atoms with Gasteiger partial charge in [-0.15, -0.1) is 0 Å². The minimum absolute atomic E-state index is 0.235. The molecule has 1 heterocycles. The molecule has 0 saturated carbocycles. The minimum Gasteiger partial charge on any atom is -0.396 e. The summed E-state index contributed by atoms with van der Waals surface area (Å²) in [5.41, 5.74) is 2.60. The van der Waals surface area contributed by atoms with E-state index in [-0.39, 0.29) is 6.61 Å². The molecule has 1 aliphatic rings.